The van der Waals surface area contributed by atoms with Crippen molar-refractivity contribution < 1.29 is 0 Å². The maximum atomic E-state index is 3.64. The summed E-state index contributed by atoms with van der Waals surface area (Å²) in [5.74, 6) is 0.824. The van der Waals surface area contributed by atoms with Gasteiger partial charge in [0, 0.05) is 29.8 Å². The van der Waals surface area contributed by atoms with Crippen molar-refractivity contribution in [1.82, 2.24) is 4.90 Å². The minimum atomic E-state index is 0.824. The summed E-state index contributed by atoms with van der Waals surface area (Å²) >= 11 is 5.57. The van der Waals surface area contributed by atoms with Crippen LogP contribution in [0, 0.1) is 5.92 Å². The Morgan fingerprint density at radius 1 is 1.56 bits per heavy atom. The summed E-state index contributed by atoms with van der Waals surface area (Å²) in [5.41, 5.74) is 1.57. The third-order valence-electron chi connectivity index (χ3n) is 3.32. The van der Waals surface area contributed by atoms with Crippen molar-refractivity contribution in [2.75, 3.05) is 18.4 Å². The van der Waals surface area contributed by atoms with E-state index in [1.54, 1.807) is 10.4 Å². The molecule has 0 aromatic carbocycles. The van der Waals surface area contributed by atoms with Gasteiger partial charge in [-0.2, -0.15) is 0 Å². The first-order valence-electron chi connectivity index (χ1n) is 6.17. The quantitative estimate of drug-likeness (QED) is 0.745. The summed E-state index contributed by atoms with van der Waals surface area (Å²) in [4.78, 5) is 4.23. The van der Waals surface area contributed by atoms with Gasteiger partial charge < -0.3 is 0 Å². The monoisotopic (exact) mass is 301 g/mol. The number of alkyl halides is 1. The highest BCUT2D eigenvalue weighted by Crippen LogP contribution is 2.25. The zero-order chi connectivity index (χ0) is 11.4. The van der Waals surface area contributed by atoms with Crippen LogP contribution in [-0.2, 0) is 13.0 Å². The first-order chi connectivity index (χ1) is 7.83. The summed E-state index contributed by atoms with van der Waals surface area (Å²) < 4.78 is 0. The lowest BCUT2D eigenvalue weighted by Crippen LogP contribution is -2.34. The molecule has 0 fully saturated rings. The molecule has 0 bridgehead atoms. The number of nitrogens with zero attached hydrogens (tertiary/aromatic N) is 1. The summed E-state index contributed by atoms with van der Waals surface area (Å²) in [7, 11) is 0. The van der Waals surface area contributed by atoms with E-state index >= 15 is 0 Å². The van der Waals surface area contributed by atoms with Crippen LogP contribution in [0.25, 0.3) is 0 Å². The van der Waals surface area contributed by atoms with Crippen LogP contribution < -0.4 is 0 Å². The zero-order valence-electron chi connectivity index (χ0n) is 9.92. The minimum absolute atomic E-state index is 0.824. The molecule has 0 saturated heterocycles. The van der Waals surface area contributed by atoms with E-state index < -0.39 is 0 Å². The van der Waals surface area contributed by atoms with Crippen LogP contribution in [0.5, 0.6) is 0 Å². The molecular formula is C13H20BrNS. The molecule has 16 heavy (non-hydrogen) atoms. The average Bonchev–Trinajstić information content (AvgIpc) is 2.75. The van der Waals surface area contributed by atoms with Gasteiger partial charge in [-0.15, -0.1) is 11.3 Å². The van der Waals surface area contributed by atoms with Gasteiger partial charge in [-0.3, -0.25) is 4.90 Å². The van der Waals surface area contributed by atoms with Crippen LogP contribution in [0.4, 0.5) is 0 Å². The van der Waals surface area contributed by atoms with Crippen LogP contribution in [0.1, 0.15) is 30.2 Å². The Kier molecular flexibility index (Phi) is 4.86. The van der Waals surface area contributed by atoms with Gasteiger partial charge in [-0.1, -0.05) is 29.3 Å². The largest absolute Gasteiger partial charge is 0.298 e. The van der Waals surface area contributed by atoms with E-state index in [4.69, 9.17) is 0 Å². The SMILES string of the molecule is CCCC(CBr)CN1CCc2sccc2C1. The molecular weight excluding hydrogens is 282 g/mol. The fourth-order valence-corrected chi connectivity index (χ4v) is 3.87. The van der Waals surface area contributed by atoms with E-state index in [1.807, 2.05) is 11.3 Å². The number of halogens is 1. The summed E-state index contributed by atoms with van der Waals surface area (Å²) in [6.45, 7) is 5.96. The second-order valence-corrected chi connectivity index (χ2v) is 6.31. The Labute approximate surface area is 111 Å². The number of hydrogen-bond acceptors (Lipinski definition) is 2. The van der Waals surface area contributed by atoms with E-state index in [1.165, 1.54) is 38.9 Å². The molecule has 1 unspecified atom stereocenters. The van der Waals surface area contributed by atoms with Gasteiger partial charge in [0.2, 0.25) is 0 Å². The molecule has 90 valence electrons. The summed E-state index contributed by atoms with van der Waals surface area (Å²) in [6.07, 6.45) is 3.90. The van der Waals surface area contributed by atoms with Crippen LogP contribution in [0.2, 0.25) is 0 Å². The van der Waals surface area contributed by atoms with Crippen molar-refractivity contribution in [3.8, 4) is 0 Å². The van der Waals surface area contributed by atoms with Crippen LogP contribution in [-0.4, -0.2) is 23.3 Å². The molecule has 1 aliphatic rings. The highest BCUT2D eigenvalue weighted by atomic mass is 79.9. The van der Waals surface area contributed by atoms with Gasteiger partial charge in [0.1, 0.15) is 0 Å². The van der Waals surface area contributed by atoms with Crippen molar-refractivity contribution in [2.45, 2.75) is 32.7 Å². The highest BCUT2D eigenvalue weighted by molar-refractivity contribution is 9.09. The molecule has 1 nitrogen and oxygen atoms in total. The average molecular weight is 302 g/mol. The van der Waals surface area contributed by atoms with Gasteiger partial charge >= 0.3 is 0 Å². The topological polar surface area (TPSA) is 3.24 Å². The molecule has 1 aromatic rings. The standard InChI is InChI=1S/C13H20BrNS/c1-2-3-11(8-14)9-15-6-4-13-12(10-15)5-7-16-13/h5,7,11H,2-4,6,8-10H2,1H3. The maximum Gasteiger partial charge on any atom is 0.0245 e. The smallest absolute Gasteiger partial charge is 0.0245 e. The lowest BCUT2D eigenvalue weighted by atomic mass is 10.0. The number of fused-ring (bicyclic) bond motifs is 1. The normalized spacial score (nSPS) is 18.4. The lowest BCUT2D eigenvalue weighted by molar-refractivity contribution is 0.218. The van der Waals surface area contributed by atoms with Gasteiger partial charge in [0.25, 0.3) is 0 Å². The molecule has 1 aromatic heterocycles. The third kappa shape index (κ3) is 3.08. The predicted molar refractivity (Wildman–Crippen MR) is 75.5 cm³/mol. The Morgan fingerprint density at radius 3 is 3.19 bits per heavy atom. The maximum absolute atomic E-state index is 3.64. The molecule has 0 radical (unpaired) electrons. The lowest BCUT2D eigenvalue weighted by Gasteiger charge is -2.29. The molecule has 1 aliphatic heterocycles. The molecule has 0 saturated carbocycles. The number of hydrogen-bond donors (Lipinski definition) is 0. The van der Waals surface area contributed by atoms with E-state index in [9.17, 15) is 0 Å². The fourth-order valence-electron chi connectivity index (χ4n) is 2.45. The number of thiophene rings is 1. The summed E-state index contributed by atoms with van der Waals surface area (Å²) in [6, 6.07) is 2.30. The van der Waals surface area contributed by atoms with Gasteiger partial charge in [-0.25, -0.2) is 0 Å². The van der Waals surface area contributed by atoms with E-state index in [-0.39, 0.29) is 0 Å². The minimum Gasteiger partial charge on any atom is -0.298 e. The zero-order valence-corrected chi connectivity index (χ0v) is 12.3. The molecule has 0 N–H and O–H groups in total. The van der Waals surface area contributed by atoms with Crippen LogP contribution in [0.3, 0.4) is 0 Å². The molecule has 2 rings (SSSR count). The Balaban J connectivity index is 1.88. The molecule has 0 aliphatic carbocycles. The van der Waals surface area contributed by atoms with E-state index in [2.05, 4.69) is 39.2 Å². The molecule has 1 atom stereocenters. The summed E-state index contributed by atoms with van der Waals surface area (Å²) in [5, 5.41) is 3.38. The highest BCUT2D eigenvalue weighted by Gasteiger charge is 2.19. The van der Waals surface area contributed by atoms with Crippen LogP contribution in [0.15, 0.2) is 11.4 Å². The Morgan fingerprint density at radius 2 is 2.44 bits per heavy atom. The van der Waals surface area contributed by atoms with Crippen molar-refractivity contribution in [1.29, 1.82) is 0 Å². The van der Waals surface area contributed by atoms with Crippen molar-refractivity contribution in [3.63, 3.8) is 0 Å². The third-order valence-corrected chi connectivity index (χ3v) is 5.26. The van der Waals surface area contributed by atoms with Gasteiger partial charge in [-0.05, 0) is 35.8 Å². The molecule has 0 spiro atoms. The molecule has 0 amide bonds. The molecule has 3 heteroatoms. The van der Waals surface area contributed by atoms with Crippen molar-refractivity contribution in [2.24, 2.45) is 5.92 Å². The van der Waals surface area contributed by atoms with Crippen molar-refractivity contribution >= 4 is 27.3 Å². The van der Waals surface area contributed by atoms with Gasteiger partial charge in [0.05, 0.1) is 0 Å². The Bertz CT molecular complexity index is 323. The first-order valence-corrected chi connectivity index (χ1v) is 8.17. The fraction of sp³-hybridized carbons (Fsp3) is 0.692. The number of rotatable bonds is 5. The molecule has 2 heterocycles. The predicted octanol–water partition coefficient (Wildman–Crippen LogP) is 3.92. The van der Waals surface area contributed by atoms with Gasteiger partial charge in [0.15, 0.2) is 0 Å². The van der Waals surface area contributed by atoms with Crippen molar-refractivity contribution in [3.05, 3.63) is 21.9 Å². The second-order valence-electron chi connectivity index (χ2n) is 4.66. The first kappa shape index (κ1) is 12.6. The van der Waals surface area contributed by atoms with Crippen LogP contribution >= 0.6 is 27.3 Å². The Hall–Kier alpha value is 0.140. The van der Waals surface area contributed by atoms with E-state index in [0.29, 0.717) is 0 Å². The second kappa shape index (κ2) is 6.18. The van der Waals surface area contributed by atoms with E-state index in [0.717, 1.165) is 11.2 Å².